The third-order valence-electron chi connectivity index (χ3n) is 2.14. The van der Waals surface area contributed by atoms with Crippen LogP contribution in [-0.4, -0.2) is 18.3 Å². The summed E-state index contributed by atoms with van der Waals surface area (Å²) in [6, 6.07) is 3.10. The van der Waals surface area contributed by atoms with E-state index in [0.717, 1.165) is 0 Å². The minimum Gasteiger partial charge on any atom is -0.398 e. The largest absolute Gasteiger partial charge is 0.398 e. The second kappa shape index (κ2) is 4.49. The molecule has 0 aromatic carbocycles. The lowest BCUT2D eigenvalue weighted by Crippen LogP contribution is -2.30. The maximum atomic E-state index is 11.5. The molecular formula is C11H18N2O2. The molecule has 4 nitrogen and oxygen atoms in total. The predicted octanol–water partition coefficient (Wildman–Crippen LogP) is 1.10. The summed E-state index contributed by atoms with van der Waals surface area (Å²) in [7, 11) is 1.66. The minimum absolute atomic E-state index is 0.0339. The standard InChI is InChI=1S/C11H18N2O2/c1-11(2,8-15-3)7-13-6-9(12)4-5-10(13)14/h4-6H,7-8,12H2,1-3H3. The maximum absolute atomic E-state index is 11.5. The highest BCUT2D eigenvalue weighted by molar-refractivity contribution is 5.33. The van der Waals surface area contributed by atoms with Crippen molar-refractivity contribution >= 4 is 5.69 Å². The molecule has 0 aliphatic rings. The lowest BCUT2D eigenvalue weighted by atomic mass is 9.95. The Kier molecular flexibility index (Phi) is 3.52. The molecule has 2 N–H and O–H groups in total. The quantitative estimate of drug-likeness (QED) is 0.809. The molecule has 0 saturated heterocycles. The number of methoxy groups -OCH3 is 1. The third-order valence-corrected chi connectivity index (χ3v) is 2.14. The van der Waals surface area contributed by atoms with Gasteiger partial charge in [0.05, 0.1) is 6.61 Å². The summed E-state index contributed by atoms with van der Waals surface area (Å²) < 4.78 is 6.72. The molecule has 1 rings (SSSR count). The van der Waals surface area contributed by atoms with Crippen LogP contribution in [0.5, 0.6) is 0 Å². The van der Waals surface area contributed by atoms with Crippen LogP contribution in [-0.2, 0) is 11.3 Å². The fourth-order valence-electron chi connectivity index (χ4n) is 1.57. The molecule has 1 aromatic heterocycles. The van der Waals surface area contributed by atoms with Gasteiger partial charge in [-0.3, -0.25) is 4.79 Å². The highest BCUT2D eigenvalue weighted by atomic mass is 16.5. The summed E-state index contributed by atoms with van der Waals surface area (Å²) in [6.07, 6.45) is 1.67. The summed E-state index contributed by atoms with van der Waals surface area (Å²) >= 11 is 0. The minimum atomic E-state index is -0.0770. The van der Waals surface area contributed by atoms with Crippen molar-refractivity contribution in [3.05, 3.63) is 28.7 Å². The number of anilines is 1. The van der Waals surface area contributed by atoms with E-state index in [-0.39, 0.29) is 11.0 Å². The predicted molar refractivity (Wildman–Crippen MR) is 60.8 cm³/mol. The number of nitrogens with two attached hydrogens (primary N) is 1. The zero-order valence-electron chi connectivity index (χ0n) is 9.49. The molecular weight excluding hydrogens is 192 g/mol. The first kappa shape index (κ1) is 11.8. The second-order valence-electron chi connectivity index (χ2n) is 4.53. The van der Waals surface area contributed by atoms with Crippen molar-refractivity contribution in [3.63, 3.8) is 0 Å². The molecule has 0 atom stereocenters. The number of nitrogens with zero attached hydrogens (tertiary/aromatic N) is 1. The van der Waals surface area contributed by atoms with Gasteiger partial charge in [0.2, 0.25) is 0 Å². The molecule has 0 fully saturated rings. The lowest BCUT2D eigenvalue weighted by molar-refractivity contribution is 0.0911. The van der Waals surface area contributed by atoms with Crippen molar-refractivity contribution < 1.29 is 4.74 Å². The van der Waals surface area contributed by atoms with Gasteiger partial charge in [-0.1, -0.05) is 13.8 Å². The van der Waals surface area contributed by atoms with Crippen LogP contribution in [0.2, 0.25) is 0 Å². The Morgan fingerprint density at radius 1 is 1.47 bits per heavy atom. The number of nitrogen functional groups attached to an aromatic ring is 1. The molecule has 0 saturated carbocycles. The number of hydrogen-bond donors (Lipinski definition) is 1. The van der Waals surface area contributed by atoms with Crippen LogP contribution >= 0.6 is 0 Å². The van der Waals surface area contributed by atoms with Crippen LogP contribution in [0.25, 0.3) is 0 Å². The number of hydrogen-bond acceptors (Lipinski definition) is 3. The summed E-state index contributed by atoms with van der Waals surface area (Å²) in [6.45, 7) is 5.30. The molecule has 1 heterocycles. The number of pyridine rings is 1. The van der Waals surface area contributed by atoms with Gasteiger partial charge in [0.1, 0.15) is 0 Å². The Labute approximate surface area is 89.7 Å². The SMILES string of the molecule is COCC(C)(C)Cn1cc(N)ccc1=O. The van der Waals surface area contributed by atoms with Crippen molar-refractivity contribution in [2.45, 2.75) is 20.4 Å². The van der Waals surface area contributed by atoms with Crippen LogP contribution in [0.1, 0.15) is 13.8 Å². The Morgan fingerprint density at radius 2 is 2.13 bits per heavy atom. The van der Waals surface area contributed by atoms with Crippen molar-refractivity contribution in [1.29, 1.82) is 0 Å². The van der Waals surface area contributed by atoms with Gasteiger partial charge in [-0.25, -0.2) is 0 Å². The van der Waals surface area contributed by atoms with Crippen LogP contribution < -0.4 is 11.3 Å². The van der Waals surface area contributed by atoms with Crippen molar-refractivity contribution in [2.75, 3.05) is 19.5 Å². The van der Waals surface area contributed by atoms with E-state index in [1.807, 2.05) is 13.8 Å². The molecule has 0 aliphatic carbocycles. The molecule has 1 aromatic rings. The first-order chi connectivity index (χ1) is 6.94. The van der Waals surface area contributed by atoms with Gasteiger partial charge >= 0.3 is 0 Å². The zero-order valence-corrected chi connectivity index (χ0v) is 9.49. The summed E-state index contributed by atoms with van der Waals surface area (Å²) in [5.41, 5.74) is 6.12. The van der Waals surface area contributed by atoms with Crippen LogP contribution in [0.3, 0.4) is 0 Å². The van der Waals surface area contributed by atoms with E-state index in [4.69, 9.17) is 10.5 Å². The van der Waals surface area contributed by atoms with E-state index >= 15 is 0 Å². The first-order valence-electron chi connectivity index (χ1n) is 4.89. The van der Waals surface area contributed by atoms with Crippen LogP contribution in [0, 0.1) is 5.41 Å². The van der Waals surface area contributed by atoms with E-state index in [2.05, 4.69) is 0 Å². The molecule has 0 spiro atoms. The van der Waals surface area contributed by atoms with E-state index < -0.39 is 0 Å². The zero-order chi connectivity index (χ0) is 11.5. The fraction of sp³-hybridized carbons (Fsp3) is 0.545. The van der Waals surface area contributed by atoms with Crippen LogP contribution in [0.4, 0.5) is 5.69 Å². The van der Waals surface area contributed by atoms with Gasteiger partial charge in [0.15, 0.2) is 0 Å². The lowest BCUT2D eigenvalue weighted by Gasteiger charge is -2.24. The smallest absolute Gasteiger partial charge is 0.250 e. The van der Waals surface area contributed by atoms with Crippen molar-refractivity contribution in [1.82, 2.24) is 4.57 Å². The Morgan fingerprint density at radius 3 is 2.73 bits per heavy atom. The summed E-state index contributed by atoms with van der Waals surface area (Å²) in [4.78, 5) is 11.5. The monoisotopic (exact) mass is 210 g/mol. The Balaban J connectivity index is 2.89. The van der Waals surface area contributed by atoms with Gasteiger partial charge in [-0.05, 0) is 6.07 Å². The fourth-order valence-corrected chi connectivity index (χ4v) is 1.57. The normalized spacial score (nSPS) is 11.7. The maximum Gasteiger partial charge on any atom is 0.250 e. The second-order valence-corrected chi connectivity index (χ2v) is 4.53. The molecule has 0 aliphatic heterocycles. The van der Waals surface area contributed by atoms with Gasteiger partial charge in [-0.2, -0.15) is 0 Å². The molecule has 0 unspecified atom stereocenters. The highest BCUT2D eigenvalue weighted by Gasteiger charge is 2.18. The van der Waals surface area contributed by atoms with E-state index in [0.29, 0.717) is 18.8 Å². The molecule has 0 bridgehead atoms. The molecule has 0 amide bonds. The van der Waals surface area contributed by atoms with E-state index in [9.17, 15) is 4.79 Å². The van der Waals surface area contributed by atoms with Gasteiger partial charge in [0, 0.05) is 37.0 Å². The molecule has 84 valence electrons. The third kappa shape index (κ3) is 3.40. The van der Waals surface area contributed by atoms with Gasteiger partial charge < -0.3 is 15.0 Å². The van der Waals surface area contributed by atoms with Gasteiger partial charge in [-0.15, -0.1) is 0 Å². The van der Waals surface area contributed by atoms with Crippen molar-refractivity contribution in [3.8, 4) is 0 Å². The molecule has 0 radical (unpaired) electrons. The first-order valence-corrected chi connectivity index (χ1v) is 4.89. The average Bonchev–Trinajstić information content (AvgIpc) is 2.10. The van der Waals surface area contributed by atoms with Crippen LogP contribution in [0.15, 0.2) is 23.1 Å². The number of rotatable bonds is 4. The summed E-state index contributed by atoms with van der Waals surface area (Å²) in [5.74, 6) is 0. The topological polar surface area (TPSA) is 57.2 Å². The van der Waals surface area contributed by atoms with E-state index in [1.165, 1.54) is 6.07 Å². The number of ether oxygens (including phenoxy) is 1. The molecule has 15 heavy (non-hydrogen) atoms. The summed E-state index contributed by atoms with van der Waals surface area (Å²) in [5, 5.41) is 0. The average molecular weight is 210 g/mol. The molecule has 4 heteroatoms. The van der Waals surface area contributed by atoms with Gasteiger partial charge in [0.25, 0.3) is 5.56 Å². The van der Waals surface area contributed by atoms with E-state index in [1.54, 1.807) is 23.9 Å². The number of aromatic nitrogens is 1. The Bertz CT molecular complexity index is 382. The van der Waals surface area contributed by atoms with Crippen molar-refractivity contribution in [2.24, 2.45) is 5.41 Å². The Hall–Kier alpha value is -1.29. The highest BCUT2D eigenvalue weighted by Crippen LogP contribution is 2.17.